The van der Waals surface area contributed by atoms with E-state index in [1.54, 1.807) is 22.8 Å². The van der Waals surface area contributed by atoms with Gasteiger partial charge < -0.3 is 10.8 Å². The van der Waals surface area contributed by atoms with E-state index in [2.05, 4.69) is 15.1 Å². The Morgan fingerprint density at radius 3 is 2.78 bits per heavy atom. The third-order valence-electron chi connectivity index (χ3n) is 4.16. The van der Waals surface area contributed by atoms with Gasteiger partial charge in [-0.15, -0.1) is 0 Å². The molecule has 4 aromatic rings. The fourth-order valence-corrected chi connectivity index (χ4v) is 3.02. The van der Waals surface area contributed by atoms with Crippen molar-refractivity contribution in [3.8, 4) is 16.9 Å². The Hall–Kier alpha value is -3.15. The lowest BCUT2D eigenvalue weighted by Crippen LogP contribution is -1.98. The van der Waals surface area contributed by atoms with Gasteiger partial charge >= 0.3 is 0 Å². The first kappa shape index (κ1) is 13.5. The minimum absolute atomic E-state index is 0.263. The minimum atomic E-state index is 0.263. The lowest BCUT2D eigenvalue weighted by atomic mass is 9.95. The lowest BCUT2D eigenvalue weighted by Gasteiger charge is -2.13. The second kappa shape index (κ2) is 4.67. The van der Waals surface area contributed by atoms with Crippen LogP contribution in [0.2, 0.25) is 0 Å². The van der Waals surface area contributed by atoms with Crippen LogP contribution in [0.25, 0.3) is 27.7 Å². The van der Waals surface area contributed by atoms with E-state index >= 15 is 0 Å². The van der Waals surface area contributed by atoms with Crippen LogP contribution in [0.15, 0.2) is 36.8 Å². The van der Waals surface area contributed by atoms with Gasteiger partial charge in [-0.1, -0.05) is 6.07 Å². The Balaban J connectivity index is 2.18. The van der Waals surface area contributed by atoms with Crippen molar-refractivity contribution in [3.63, 3.8) is 0 Å². The van der Waals surface area contributed by atoms with Crippen molar-refractivity contribution in [1.82, 2.24) is 19.6 Å². The summed E-state index contributed by atoms with van der Waals surface area (Å²) >= 11 is 0. The number of nitrogen functional groups attached to an aromatic ring is 1. The molecule has 1 aromatic carbocycles. The number of rotatable bonds is 1. The summed E-state index contributed by atoms with van der Waals surface area (Å²) in [5.41, 5.74) is 11.1. The van der Waals surface area contributed by atoms with Crippen LogP contribution < -0.4 is 5.73 Å². The van der Waals surface area contributed by atoms with Crippen LogP contribution >= 0.6 is 0 Å². The Kier molecular flexibility index (Phi) is 2.74. The highest BCUT2D eigenvalue weighted by Crippen LogP contribution is 2.36. The Morgan fingerprint density at radius 2 is 1.96 bits per heavy atom. The van der Waals surface area contributed by atoms with Gasteiger partial charge in [0.05, 0.1) is 5.52 Å². The highest BCUT2D eigenvalue weighted by molar-refractivity contribution is 5.93. The Labute approximate surface area is 132 Å². The zero-order valence-corrected chi connectivity index (χ0v) is 12.8. The molecule has 0 aliphatic carbocycles. The molecule has 0 spiro atoms. The number of nitrogens with zero attached hydrogens (tertiary/aromatic N) is 4. The third kappa shape index (κ3) is 1.92. The first-order valence-corrected chi connectivity index (χ1v) is 7.24. The molecule has 0 unspecified atom stereocenters. The standard InChI is InChI=1S/C17H15N5O/c1-9-3-4-14(23)10(2)16(9)12-5-11-7-19-15(18)6-13(11)22-17(12)20-8-21-22/h3-8,23H,1-2H3,(H2,18,19). The maximum atomic E-state index is 10.1. The highest BCUT2D eigenvalue weighted by atomic mass is 16.3. The molecule has 0 saturated heterocycles. The van der Waals surface area contributed by atoms with Gasteiger partial charge in [0, 0.05) is 23.2 Å². The van der Waals surface area contributed by atoms with Crippen LogP contribution in [0.5, 0.6) is 5.75 Å². The van der Waals surface area contributed by atoms with Gasteiger partial charge in [-0.3, -0.25) is 0 Å². The zero-order valence-electron chi connectivity index (χ0n) is 12.8. The number of aromatic hydroxyl groups is 1. The Morgan fingerprint density at radius 1 is 1.13 bits per heavy atom. The van der Waals surface area contributed by atoms with E-state index < -0.39 is 0 Å². The first-order valence-electron chi connectivity index (χ1n) is 7.24. The van der Waals surface area contributed by atoms with Crippen molar-refractivity contribution in [1.29, 1.82) is 0 Å². The van der Waals surface area contributed by atoms with Crippen LogP contribution in [0.1, 0.15) is 11.1 Å². The molecule has 0 amide bonds. The highest BCUT2D eigenvalue weighted by Gasteiger charge is 2.16. The van der Waals surface area contributed by atoms with Crippen LogP contribution in [-0.4, -0.2) is 24.7 Å². The van der Waals surface area contributed by atoms with Crippen molar-refractivity contribution in [3.05, 3.63) is 47.9 Å². The topological polar surface area (TPSA) is 89.3 Å². The summed E-state index contributed by atoms with van der Waals surface area (Å²) < 4.78 is 1.76. The number of nitrogens with two attached hydrogens (primary N) is 1. The van der Waals surface area contributed by atoms with Crippen molar-refractivity contribution in [2.24, 2.45) is 0 Å². The van der Waals surface area contributed by atoms with Gasteiger partial charge in [0.15, 0.2) is 5.65 Å². The smallest absolute Gasteiger partial charge is 0.163 e. The molecular weight excluding hydrogens is 290 g/mol. The number of benzene rings is 1. The molecule has 4 rings (SSSR count). The molecule has 0 fully saturated rings. The average molecular weight is 305 g/mol. The molecule has 0 atom stereocenters. The van der Waals surface area contributed by atoms with Crippen molar-refractivity contribution >= 4 is 22.4 Å². The van der Waals surface area contributed by atoms with Crippen LogP contribution in [-0.2, 0) is 0 Å². The van der Waals surface area contributed by atoms with Crippen LogP contribution in [0.4, 0.5) is 5.82 Å². The fraction of sp³-hybridized carbons (Fsp3) is 0.118. The van der Waals surface area contributed by atoms with Gasteiger partial charge in [-0.2, -0.15) is 5.10 Å². The maximum absolute atomic E-state index is 10.1. The molecular formula is C17H15N5O. The lowest BCUT2D eigenvalue weighted by molar-refractivity contribution is 0.471. The minimum Gasteiger partial charge on any atom is -0.508 e. The molecule has 3 N–H and O–H groups in total. The number of aromatic nitrogens is 4. The number of fused-ring (bicyclic) bond motifs is 3. The molecule has 114 valence electrons. The third-order valence-corrected chi connectivity index (χ3v) is 4.16. The molecule has 0 saturated carbocycles. The van der Waals surface area contributed by atoms with E-state index in [1.165, 1.54) is 6.33 Å². The maximum Gasteiger partial charge on any atom is 0.163 e. The predicted molar refractivity (Wildman–Crippen MR) is 89.3 cm³/mol. The van der Waals surface area contributed by atoms with Gasteiger partial charge in [0.2, 0.25) is 0 Å². The van der Waals surface area contributed by atoms with Crippen LogP contribution in [0, 0.1) is 13.8 Å². The second-order valence-electron chi connectivity index (χ2n) is 5.62. The van der Waals surface area contributed by atoms with Gasteiger partial charge in [0.1, 0.15) is 17.9 Å². The first-order chi connectivity index (χ1) is 11.1. The van der Waals surface area contributed by atoms with E-state index in [1.807, 2.05) is 26.0 Å². The second-order valence-corrected chi connectivity index (χ2v) is 5.62. The largest absolute Gasteiger partial charge is 0.508 e. The summed E-state index contributed by atoms with van der Waals surface area (Å²) in [5.74, 6) is 0.700. The van der Waals surface area contributed by atoms with Crippen molar-refractivity contribution < 1.29 is 5.11 Å². The summed E-state index contributed by atoms with van der Waals surface area (Å²) in [6.07, 6.45) is 3.24. The number of hydrogen-bond acceptors (Lipinski definition) is 5. The van der Waals surface area contributed by atoms with Gasteiger partial charge in [-0.05, 0) is 42.7 Å². The predicted octanol–water partition coefficient (Wildman–Crippen LogP) is 2.85. The summed E-state index contributed by atoms with van der Waals surface area (Å²) in [6.45, 7) is 3.91. The van der Waals surface area contributed by atoms with E-state index in [0.29, 0.717) is 5.82 Å². The molecule has 23 heavy (non-hydrogen) atoms. The summed E-state index contributed by atoms with van der Waals surface area (Å²) in [4.78, 5) is 8.56. The monoisotopic (exact) mass is 305 g/mol. The number of phenols is 1. The number of aryl methyl sites for hydroxylation is 1. The summed E-state index contributed by atoms with van der Waals surface area (Å²) in [5, 5.41) is 15.3. The SMILES string of the molecule is Cc1ccc(O)c(C)c1-c1cc2cnc(N)cc2n2ncnc12. The van der Waals surface area contributed by atoms with E-state index in [4.69, 9.17) is 5.73 Å². The summed E-state index contributed by atoms with van der Waals surface area (Å²) in [6, 6.07) is 7.40. The van der Waals surface area contributed by atoms with Crippen LogP contribution in [0.3, 0.4) is 0 Å². The van der Waals surface area contributed by atoms with E-state index in [9.17, 15) is 5.11 Å². The number of anilines is 1. The molecule has 0 aliphatic heterocycles. The number of pyridine rings is 2. The fourth-order valence-electron chi connectivity index (χ4n) is 3.02. The Bertz CT molecular complexity index is 1070. The summed E-state index contributed by atoms with van der Waals surface area (Å²) in [7, 11) is 0. The molecule has 3 aromatic heterocycles. The quantitative estimate of drug-likeness (QED) is 0.564. The molecule has 3 heterocycles. The van der Waals surface area contributed by atoms with E-state index in [0.717, 1.165) is 38.8 Å². The average Bonchev–Trinajstić information content (AvgIpc) is 3.02. The normalized spacial score (nSPS) is 11.4. The van der Waals surface area contributed by atoms with E-state index in [-0.39, 0.29) is 5.75 Å². The van der Waals surface area contributed by atoms with Gasteiger partial charge in [0.25, 0.3) is 0 Å². The number of hydrogen-bond donors (Lipinski definition) is 2. The van der Waals surface area contributed by atoms with Gasteiger partial charge in [-0.25, -0.2) is 14.5 Å². The molecule has 0 bridgehead atoms. The molecule has 0 radical (unpaired) electrons. The van der Waals surface area contributed by atoms with Crippen molar-refractivity contribution in [2.75, 3.05) is 5.73 Å². The molecule has 6 nitrogen and oxygen atoms in total. The molecule has 0 aliphatic rings. The van der Waals surface area contributed by atoms with Crippen molar-refractivity contribution in [2.45, 2.75) is 13.8 Å². The number of phenolic OH excluding ortho intramolecular Hbond substituents is 1. The zero-order chi connectivity index (χ0) is 16.1. The molecule has 6 heteroatoms.